The summed E-state index contributed by atoms with van der Waals surface area (Å²) < 4.78 is 43.9. The van der Waals surface area contributed by atoms with Gasteiger partial charge in [-0.05, 0) is 35.9 Å². The van der Waals surface area contributed by atoms with Crippen LogP contribution in [0.4, 0.5) is 18.9 Å². The van der Waals surface area contributed by atoms with E-state index in [1.807, 2.05) is 0 Å². The highest BCUT2D eigenvalue weighted by Crippen LogP contribution is 2.26. The Morgan fingerprint density at radius 1 is 1.09 bits per heavy atom. The van der Waals surface area contributed by atoms with Gasteiger partial charge in [-0.15, -0.1) is 0 Å². The summed E-state index contributed by atoms with van der Waals surface area (Å²) in [6, 6.07) is 5.77. The second-order valence-corrected chi connectivity index (χ2v) is 4.31. The van der Waals surface area contributed by atoms with E-state index in [4.69, 9.17) is 4.74 Å². The molecule has 0 fully saturated rings. The van der Waals surface area contributed by atoms with Gasteiger partial charge in [-0.1, -0.05) is 6.08 Å². The van der Waals surface area contributed by atoms with Gasteiger partial charge in [0.05, 0.1) is 23.7 Å². The van der Waals surface area contributed by atoms with E-state index in [0.29, 0.717) is 5.75 Å². The summed E-state index contributed by atoms with van der Waals surface area (Å²) in [6.45, 7) is 0. The van der Waals surface area contributed by atoms with Crippen LogP contribution in [0.3, 0.4) is 0 Å². The number of nitrogens with zero attached hydrogens (tertiary/aromatic N) is 1. The summed E-state index contributed by atoms with van der Waals surface area (Å²) in [5, 5.41) is 11.0. The third kappa shape index (κ3) is 3.25. The molecule has 0 aliphatic carbocycles. The van der Waals surface area contributed by atoms with E-state index in [1.54, 1.807) is 0 Å². The van der Waals surface area contributed by atoms with Crippen molar-refractivity contribution in [3.63, 3.8) is 0 Å². The predicted octanol–water partition coefficient (Wildman–Crippen LogP) is 4.19. The summed E-state index contributed by atoms with van der Waals surface area (Å²) in [5.41, 5.74) is 0.0381. The number of benzene rings is 2. The van der Waals surface area contributed by atoms with Crippen LogP contribution in [-0.2, 0) is 0 Å². The third-order valence-corrected chi connectivity index (χ3v) is 2.90. The number of rotatable bonds is 4. The van der Waals surface area contributed by atoms with E-state index in [-0.39, 0.29) is 16.8 Å². The van der Waals surface area contributed by atoms with Crippen LogP contribution in [0.25, 0.3) is 12.2 Å². The van der Waals surface area contributed by atoms with Crippen LogP contribution in [0.1, 0.15) is 11.1 Å². The highest BCUT2D eigenvalue weighted by Gasteiger charge is 2.13. The standard InChI is InChI=1S/C15H10F3NO3/c1-22-11-5-4-10(14(8-11)19(20)21)3-2-9-6-12(16)15(18)13(17)7-9/h2-8H,1H3/b3-2+. The van der Waals surface area contributed by atoms with Gasteiger partial charge in [-0.2, -0.15) is 0 Å². The fraction of sp³-hybridized carbons (Fsp3) is 0.0667. The summed E-state index contributed by atoms with van der Waals surface area (Å²) in [7, 11) is 1.37. The molecular weight excluding hydrogens is 299 g/mol. The lowest BCUT2D eigenvalue weighted by atomic mass is 10.1. The first kappa shape index (κ1) is 15.6. The van der Waals surface area contributed by atoms with Crippen molar-refractivity contribution in [3.05, 3.63) is 69.0 Å². The molecule has 7 heteroatoms. The van der Waals surface area contributed by atoms with E-state index in [2.05, 4.69) is 0 Å². The molecule has 4 nitrogen and oxygen atoms in total. The number of nitro benzene ring substituents is 1. The Balaban J connectivity index is 2.40. The van der Waals surface area contributed by atoms with Crippen molar-refractivity contribution >= 4 is 17.8 Å². The second-order valence-electron chi connectivity index (χ2n) is 4.31. The molecule has 0 atom stereocenters. The second kappa shape index (κ2) is 6.30. The molecule has 0 N–H and O–H groups in total. The molecule has 22 heavy (non-hydrogen) atoms. The van der Waals surface area contributed by atoms with Gasteiger partial charge in [0.1, 0.15) is 5.75 Å². The van der Waals surface area contributed by atoms with Crippen LogP contribution in [0.2, 0.25) is 0 Å². The number of hydrogen-bond acceptors (Lipinski definition) is 3. The minimum atomic E-state index is -1.56. The van der Waals surface area contributed by atoms with Crippen molar-refractivity contribution in [1.29, 1.82) is 0 Å². The van der Waals surface area contributed by atoms with Crippen LogP contribution >= 0.6 is 0 Å². The monoisotopic (exact) mass is 309 g/mol. The lowest BCUT2D eigenvalue weighted by Gasteiger charge is -2.02. The van der Waals surface area contributed by atoms with E-state index in [9.17, 15) is 23.3 Å². The molecule has 0 heterocycles. The summed E-state index contributed by atoms with van der Waals surface area (Å²) in [5.74, 6) is -3.91. The fourth-order valence-electron chi connectivity index (χ4n) is 1.81. The molecule has 2 rings (SSSR count). The minimum Gasteiger partial charge on any atom is -0.497 e. The van der Waals surface area contributed by atoms with Gasteiger partial charge in [0.25, 0.3) is 5.69 Å². The van der Waals surface area contributed by atoms with Crippen molar-refractivity contribution in [2.75, 3.05) is 7.11 Å². The van der Waals surface area contributed by atoms with Crippen LogP contribution in [0, 0.1) is 27.6 Å². The SMILES string of the molecule is COc1ccc(/C=C/c2cc(F)c(F)c(F)c2)c([N+](=O)[O-])c1. The maximum atomic E-state index is 13.1. The topological polar surface area (TPSA) is 52.4 Å². The van der Waals surface area contributed by atoms with Gasteiger partial charge < -0.3 is 4.74 Å². The molecule has 0 saturated heterocycles. The Kier molecular flexibility index (Phi) is 4.45. The van der Waals surface area contributed by atoms with Crippen molar-refractivity contribution in [1.82, 2.24) is 0 Å². The quantitative estimate of drug-likeness (QED) is 0.368. The zero-order valence-electron chi connectivity index (χ0n) is 11.3. The summed E-state index contributed by atoms with van der Waals surface area (Å²) in [6.07, 6.45) is 2.56. The van der Waals surface area contributed by atoms with E-state index >= 15 is 0 Å². The smallest absolute Gasteiger partial charge is 0.280 e. The van der Waals surface area contributed by atoms with Crippen LogP contribution in [0.5, 0.6) is 5.75 Å². The Bertz CT molecular complexity index is 737. The number of hydrogen-bond donors (Lipinski definition) is 0. The molecule has 0 amide bonds. The van der Waals surface area contributed by atoms with Gasteiger partial charge in [0.2, 0.25) is 0 Å². The molecule has 0 radical (unpaired) electrons. The normalized spacial score (nSPS) is 10.9. The zero-order chi connectivity index (χ0) is 16.3. The van der Waals surface area contributed by atoms with Gasteiger partial charge in [0, 0.05) is 0 Å². The highest BCUT2D eigenvalue weighted by atomic mass is 19.2. The van der Waals surface area contributed by atoms with E-state index in [1.165, 1.54) is 37.5 Å². The number of halogens is 3. The Morgan fingerprint density at radius 2 is 1.73 bits per heavy atom. The molecule has 2 aromatic carbocycles. The molecule has 0 aromatic heterocycles. The molecule has 0 spiro atoms. The van der Waals surface area contributed by atoms with Gasteiger partial charge >= 0.3 is 0 Å². The van der Waals surface area contributed by atoms with Gasteiger partial charge in [-0.25, -0.2) is 13.2 Å². The number of nitro groups is 1. The van der Waals surface area contributed by atoms with E-state index < -0.39 is 22.4 Å². The van der Waals surface area contributed by atoms with Crippen molar-refractivity contribution < 1.29 is 22.8 Å². The van der Waals surface area contributed by atoms with E-state index in [0.717, 1.165) is 12.1 Å². The largest absolute Gasteiger partial charge is 0.497 e. The first-order valence-electron chi connectivity index (χ1n) is 6.07. The molecule has 114 valence electrons. The average molecular weight is 309 g/mol. The molecule has 0 unspecified atom stereocenters. The molecule has 0 saturated carbocycles. The van der Waals surface area contributed by atoms with Crippen molar-refractivity contribution in [2.24, 2.45) is 0 Å². The van der Waals surface area contributed by atoms with Gasteiger partial charge in [0.15, 0.2) is 17.5 Å². The fourth-order valence-corrected chi connectivity index (χ4v) is 1.81. The molecule has 2 aromatic rings. The Morgan fingerprint density at radius 3 is 2.27 bits per heavy atom. The number of methoxy groups -OCH3 is 1. The molecular formula is C15H10F3NO3. The predicted molar refractivity (Wildman–Crippen MR) is 74.9 cm³/mol. The maximum absolute atomic E-state index is 13.1. The molecule has 0 aliphatic heterocycles. The Hall–Kier alpha value is -2.83. The first-order valence-corrected chi connectivity index (χ1v) is 6.07. The molecule has 0 bridgehead atoms. The Labute approximate surface area is 123 Å². The molecule has 0 aliphatic rings. The first-order chi connectivity index (χ1) is 10.4. The van der Waals surface area contributed by atoms with Crippen molar-refractivity contribution in [3.8, 4) is 5.75 Å². The van der Waals surface area contributed by atoms with Crippen LogP contribution in [-0.4, -0.2) is 12.0 Å². The minimum absolute atomic E-state index is 0.0431. The average Bonchev–Trinajstić information content (AvgIpc) is 2.50. The highest BCUT2D eigenvalue weighted by molar-refractivity contribution is 5.74. The summed E-state index contributed by atoms with van der Waals surface area (Å²) >= 11 is 0. The lowest BCUT2D eigenvalue weighted by molar-refractivity contribution is -0.385. The summed E-state index contributed by atoms with van der Waals surface area (Å²) in [4.78, 5) is 10.4. The third-order valence-electron chi connectivity index (χ3n) is 2.90. The van der Waals surface area contributed by atoms with Crippen LogP contribution in [0.15, 0.2) is 30.3 Å². The zero-order valence-corrected chi connectivity index (χ0v) is 11.3. The van der Waals surface area contributed by atoms with Crippen molar-refractivity contribution in [2.45, 2.75) is 0 Å². The maximum Gasteiger partial charge on any atom is 0.280 e. The van der Waals surface area contributed by atoms with Gasteiger partial charge in [-0.3, -0.25) is 10.1 Å². The lowest BCUT2D eigenvalue weighted by Crippen LogP contribution is -1.93. The van der Waals surface area contributed by atoms with Crippen LogP contribution < -0.4 is 4.74 Å². The number of ether oxygens (including phenoxy) is 1.